The van der Waals surface area contributed by atoms with E-state index in [1.54, 1.807) is 42.5 Å². The van der Waals surface area contributed by atoms with Crippen LogP contribution in [-0.4, -0.2) is 55.5 Å². The first-order valence-electron chi connectivity index (χ1n) is 11.1. The van der Waals surface area contributed by atoms with Gasteiger partial charge in [0.05, 0.1) is 45.2 Å². The average Bonchev–Trinajstić information content (AvgIpc) is 2.91. The molecule has 0 heterocycles. The molecule has 3 aromatic carbocycles. The number of nitrogens with one attached hydrogen (secondary N) is 1. The number of rotatable bonds is 11. The minimum absolute atomic E-state index is 0.0665. The van der Waals surface area contributed by atoms with Gasteiger partial charge in [-0.3, -0.25) is 9.10 Å². The summed E-state index contributed by atoms with van der Waals surface area (Å²) in [5, 5.41) is 3.97. The van der Waals surface area contributed by atoms with E-state index < -0.39 is 22.5 Å². The van der Waals surface area contributed by atoms with Crippen molar-refractivity contribution in [2.24, 2.45) is 5.10 Å². The standard InChI is InChI=1S/C26H29N3O7S/c1-18-9-11-20(12-10-18)29(37(31,32)21-13-14-22(33-2)24(15-21)35-4)17-25(30)28-27-16-19-7-6-8-23(34-3)26(19)36-5/h6-16H,17H2,1-5H3,(H,28,30)/b27-16-. The fourth-order valence-corrected chi connectivity index (χ4v) is 4.92. The SMILES string of the molecule is COc1ccc(S(=O)(=O)N(CC(=O)N/N=C\c2cccc(OC)c2OC)c2ccc(C)cc2)cc1OC. The summed E-state index contributed by atoms with van der Waals surface area (Å²) in [7, 11) is 1.70. The van der Waals surface area contributed by atoms with Crippen LogP contribution < -0.4 is 28.7 Å². The van der Waals surface area contributed by atoms with Crippen molar-refractivity contribution in [2.45, 2.75) is 11.8 Å². The van der Waals surface area contributed by atoms with Crippen LogP contribution in [0.25, 0.3) is 0 Å². The first-order valence-corrected chi connectivity index (χ1v) is 12.5. The van der Waals surface area contributed by atoms with Crippen molar-refractivity contribution >= 4 is 27.8 Å². The van der Waals surface area contributed by atoms with Crippen molar-refractivity contribution in [3.63, 3.8) is 0 Å². The molecule has 0 aliphatic rings. The van der Waals surface area contributed by atoms with Crippen molar-refractivity contribution in [1.82, 2.24) is 5.43 Å². The third-order valence-electron chi connectivity index (χ3n) is 5.38. The highest BCUT2D eigenvalue weighted by Gasteiger charge is 2.28. The van der Waals surface area contributed by atoms with Gasteiger partial charge < -0.3 is 18.9 Å². The van der Waals surface area contributed by atoms with E-state index in [2.05, 4.69) is 10.5 Å². The molecule has 0 bridgehead atoms. The van der Waals surface area contributed by atoms with Crippen LogP contribution in [0.3, 0.4) is 0 Å². The van der Waals surface area contributed by atoms with Gasteiger partial charge in [0.25, 0.3) is 15.9 Å². The zero-order valence-corrected chi connectivity index (χ0v) is 22.0. The molecule has 0 unspecified atom stereocenters. The number of hydrogen-bond acceptors (Lipinski definition) is 8. The van der Waals surface area contributed by atoms with Gasteiger partial charge in [-0.1, -0.05) is 23.8 Å². The Kier molecular flexibility index (Phi) is 8.96. The van der Waals surface area contributed by atoms with Gasteiger partial charge in [-0.2, -0.15) is 5.10 Å². The number of sulfonamides is 1. The molecule has 3 aromatic rings. The Labute approximate surface area is 216 Å². The van der Waals surface area contributed by atoms with E-state index in [4.69, 9.17) is 18.9 Å². The monoisotopic (exact) mass is 527 g/mol. The number of anilines is 1. The van der Waals surface area contributed by atoms with Gasteiger partial charge in [-0.05, 0) is 43.3 Å². The first-order chi connectivity index (χ1) is 17.7. The number of carbonyl (C=O) groups excluding carboxylic acids is 1. The fraction of sp³-hybridized carbons (Fsp3) is 0.231. The van der Waals surface area contributed by atoms with Crippen LogP contribution in [0.4, 0.5) is 5.69 Å². The highest BCUT2D eigenvalue weighted by Crippen LogP contribution is 2.32. The van der Waals surface area contributed by atoms with E-state index in [0.29, 0.717) is 28.5 Å². The van der Waals surface area contributed by atoms with Crippen LogP contribution in [0.1, 0.15) is 11.1 Å². The Morgan fingerprint density at radius 1 is 0.892 bits per heavy atom. The highest BCUT2D eigenvalue weighted by atomic mass is 32.2. The summed E-state index contributed by atoms with van der Waals surface area (Å²) in [6.07, 6.45) is 1.39. The fourth-order valence-electron chi connectivity index (χ4n) is 3.48. The second-order valence-corrected chi connectivity index (χ2v) is 9.60. The number of methoxy groups -OCH3 is 4. The number of hydrazone groups is 1. The molecule has 0 saturated heterocycles. The lowest BCUT2D eigenvalue weighted by Crippen LogP contribution is -2.39. The number of carbonyl (C=O) groups is 1. The van der Waals surface area contributed by atoms with Crippen LogP contribution in [0, 0.1) is 6.92 Å². The third-order valence-corrected chi connectivity index (χ3v) is 7.15. The predicted molar refractivity (Wildman–Crippen MR) is 141 cm³/mol. The van der Waals surface area contributed by atoms with Crippen LogP contribution in [0.5, 0.6) is 23.0 Å². The normalized spacial score (nSPS) is 11.2. The van der Waals surface area contributed by atoms with Gasteiger partial charge in [0.1, 0.15) is 6.54 Å². The molecular formula is C26H29N3O7S. The average molecular weight is 528 g/mol. The molecule has 0 aliphatic heterocycles. The molecule has 0 aromatic heterocycles. The van der Waals surface area contributed by atoms with Crippen molar-refractivity contribution in [3.05, 3.63) is 71.8 Å². The van der Waals surface area contributed by atoms with Crippen LogP contribution in [0.2, 0.25) is 0 Å². The zero-order chi connectivity index (χ0) is 27.0. The quantitative estimate of drug-likeness (QED) is 0.300. The molecule has 3 rings (SSSR count). The molecule has 11 heteroatoms. The maximum absolute atomic E-state index is 13.7. The predicted octanol–water partition coefficient (Wildman–Crippen LogP) is 3.38. The molecule has 37 heavy (non-hydrogen) atoms. The number of amides is 1. The molecular weight excluding hydrogens is 498 g/mol. The summed E-state index contributed by atoms with van der Waals surface area (Å²) in [5.74, 6) is 0.921. The Hall–Kier alpha value is -4.25. The maximum Gasteiger partial charge on any atom is 0.264 e. The largest absolute Gasteiger partial charge is 0.493 e. The second kappa shape index (κ2) is 12.1. The van der Waals surface area contributed by atoms with Gasteiger partial charge in [0, 0.05) is 11.6 Å². The van der Waals surface area contributed by atoms with Crippen molar-refractivity contribution < 1.29 is 32.2 Å². The minimum atomic E-state index is -4.17. The van der Waals surface area contributed by atoms with Gasteiger partial charge in [0.15, 0.2) is 23.0 Å². The Morgan fingerprint density at radius 3 is 2.19 bits per heavy atom. The van der Waals surface area contributed by atoms with E-state index >= 15 is 0 Å². The van der Waals surface area contributed by atoms with Crippen LogP contribution in [-0.2, 0) is 14.8 Å². The molecule has 0 spiro atoms. The molecule has 0 saturated carbocycles. The van der Waals surface area contributed by atoms with Crippen LogP contribution >= 0.6 is 0 Å². The molecule has 0 fully saturated rings. The molecule has 1 N–H and O–H groups in total. The molecule has 196 valence electrons. The lowest BCUT2D eigenvalue weighted by molar-refractivity contribution is -0.119. The topological polar surface area (TPSA) is 116 Å². The van der Waals surface area contributed by atoms with Crippen molar-refractivity contribution in [1.29, 1.82) is 0 Å². The number of benzene rings is 3. The van der Waals surface area contributed by atoms with Crippen LogP contribution in [0.15, 0.2) is 70.7 Å². The van der Waals surface area contributed by atoms with E-state index in [-0.39, 0.29) is 10.6 Å². The second-order valence-electron chi connectivity index (χ2n) is 7.74. The van der Waals surface area contributed by atoms with Crippen molar-refractivity contribution in [2.75, 3.05) is 39.3 Å². The summed E-state index contributed by atoms with van der Waals surface area (Å²) < 4.78 is 49.4. The number of hydrogen-bond donors (Lipinski definition) is 1. The number of aryl methyl sites for hydroxylation is 1. The van der Waals surface area contributed by atoms with E-state index in [1.165, 1.54) is 52.9 Å². The summed E-state index contributed by atoms with van der Waals surface area (Å²) in [6, 6.07) is 16.2. The van der Waals surface area contributed by atoms with Gasteiger partial charge in [0.2, 0.25) is 0 Å². The zero-order valence-electron chi connectivity index (χ0n) is 21.2. The van der Waals surface area contributed by atoms with Crippen molar-refractivity contribution in [3.8, 4) is 23.0 Å². The first kappa shape index (κ1) is 27.3. The smallest absolute Gasteiger partial charge is 0.264 e. The van der Waals surface area contributed by atoms with Gasteiger partial charge in [-0.25, -0.2) is 13.8 Å². The lowest BCUT2D eigenvalue weighted by atomic mass is 10.2. The van der Waals surface area contributed by atoms with Gasteiger partial charge >= 0.3 is 0 Å². The summed E-state index contributed by atoms with van der Waals surface area (Å²) in [4.78, 5) is 12.8. The Bertz CT molecular complexity index is 1370. The van der Waals surface area contributed by atoms with E-state index in [0.717, 1.165) is 9.87 Å². The lowest BCUT2D eigenvalue weighted by Gasteiger charge is -2.24. The maximum atomic E-state index is 13.7. The minimum Gasteiger partial charge on any atom is -0.493 e. The van der Waals surface area contributed by atoms with E-state index in [1.807, 2.05) is 6.92 Å². The molecule has 1 amide bonds. The number of ether oxygens (including phenoxy) is 4. The summed E-state index contributed by atoms with van der Waals surface area (Å²) >= 11 is 0. The highest BCUT2D eigenvalue weighted by molar-refractivity contribution is 7.92. The summed E-state index contributed by atoms with van der Waals surface area (Å²) in [6.45, 7) is 1.36. The molecule has 10 nitrogen and oxygen atoms in total. The van der Waals surface area contributed by atoms with Gasteiger partial charge in [-0.15, -0.1) is 0 Å². The van der Waals surface area contributed by atoms with E-state index in [9.17, 15) is 13.2 Å². The summed E-state index contributed by atoms with van der Waals surface area (Å²) in [5.41, 5.74) is 4.20. The molecule has 0 radical (unpaired) electrons. The Balaban J connectivity index is 1.89. The molecule has 0 atom stereocenters. The Morgan fingerprint density at radius 2 is 1.57 bits per heavy atom. The third kappa shape index (κ3) is 6.31. The number of nitrogens with zero attached hydrogens (tertiary/aromatic N) is 2. The number of para-hydroxylation sites is 1. The molecule has 0 aliphatic carbocycles.